The highest BCUT2D eigenvalue weighted by Crippen LogP contribution is 2.24. The number of amides is 1. The Kier molecular flexibility index (Phi) is 7.16. The smallest absolute Gasteiger partial charge is 0.306 e. The van der Waals surface area contributed by atoms with E-state index in [1.807, 2.05) is 0 Å². The van der Waals surface area contributed by atoms with Crippen LogP contribution in [-0.4, -0.2) is 34.5 Å². The van der Waals surface area contributed by atoms with Crippen molar-refractivity contribution in [3.8, 4) is 0 Å². The summed E-state index contributed by atoms with van der Waals surface area (Å²) >= 11 is 1.67. The first-order chi connectivity index (χ1) is 8.63. The summed E-state index contributed by atoms with van der Waals surface area (Å²) in [5.74, 6) is 0.746. The quantitative estimate of drug-likeness (QED) is 0.698. The molecule has 1 amide bonds. The minimum Gasteiger partial charge on any atom is -0.481 e. The summed E-state index contributed by atoms with van der Waals surface area (Å²) in [7, 11) is 0. The third-order valence-electron chi connectivity index (χ3n) is 3.32. The van der Waals surface area contributed by atoms with E-state index in [0.29, 0.717) is 18.6 Å². The topological polar surface area (TPSA) is 66.4 Å². The van der Waals surface area contributed by atoms with Gasteiger partial charge in [0.1, 0.15) is 0 Å². The van der Waals surface area contributed by atoms with Crippen LogP contribution in [0, 0.1) is 5.92 Å². The monoisotopic (exact) mass is 273 g/mol. The second-order valence-corrected chi connectivity index (χ2v) is 5.97. The van der Waals surface area contributed by atoms with Crippen molar-refractivity contribution in [3.05, 3.63) is 0 Å². The van der Waals surface area contributed by atoms with Gasteiger partial charge in [-0.25, -0.2) is 0 Å². The summed E-state index contributed by atoms with van der Waals surface area (Å²) < 4.78 is 0. The molecule has 0 aromatic carbocycles. The Bertz CT molecular complexity index is 275. The zero-order chi connectivity index (χ0) is 13.4. The maximum atomic E-state index is 11.6. The number of hydrogen-bond acceptors (Lipinski definition) is 3. The molecule has 1 fully saturated rings. The molecule has 1 saturated carbocycles. The van der Waals surface area contributed by atoms with E-state index in [4.69, 9.17) is 5.11 Å². The minimum atomic E-state index is -0.699. The molecule has 1 aliphatic carbocycles. The number of unbranched alkanes of at least 4 members (excludes halogenated alkanes) is 1. The predicted octanol–water partition coefficient (Wildman–Crippen LogP) is 2.28. The lowest BCUT2D eigenvalue weighted by Crippen LogP contribution is -2.39. The fourth-order valence-electron chi connectivity index (χ4n) is 2.17. The van der Waals surface area contributed by atoms with Gasteiger partial charge in [0.05, 0.1) is 11.7 Å². The molecule has 0 saturated heterocycles. The first-order valence-electron chi connectivity index (χ1n) is 6.73. The Morgan fingerprint density at radius 3 is 2.50 bits per heavy atom. The van der Waals surface area contributed by atoms with Gasteiger partial charge in [-0.1, -0.05) is 13.3 Å². The molecule has 18 heavy (non-hydrogen) atoms. The third kappa shape index (κ3) is 5.76. The summed E-state index contributed by atoms with van der Waals surface area (Å²) in [4.78, 5) is 22.4. The van der Waals surface area contributed by atoms with Gasteiger partial charge < -0.3 is 10.4 Å². The second kappa shape index (κ2) is 8.40. The number of aliphatic carboxylic acids is 1. The van der Waals surface area contributed by atoms with Crippen molar-refractivity contribution in [3.63, 3.8) is 0 Å². The highest BCUT2D eigenvalue weighted by molar-refractivity contribution is 7.99. The van der Waals surface area contributed by atoms with E-state index in [9.17, 15) is 9.59 Å². The van der Waals surface area contributed by atoms with Crippen LogP contribution in [-0.2, 0) is 9.59 Å². The maximum Gasteiger partial charge on any atom is 0.306 e. The van der Waals surface area contributed by atoms with E-state index < -0.39 is 5.97 Å². The summed E-state index contributed by atoms with van der Waals surface area (Å²) in [6, 6.07) is 0.180. The molecule has 5 heteroatoms. The SMILES string of the molecule is CCCCSCC(=O)NC1CCC(C(=O)O)CC1. The van der Waals surface area contributed by atoms with Crippen LogP contribution in [0.15, 0.2) is 0 Å². The lowest BCUT2D eigenvalue weighted by atomic mass is 9.86. The summed E-state index contributed by atoms with van der Waals surface area (Å²) in [5.41, 5.74) is 0. The first kappa shape index (κ1) is 15.3. The lowest BCUT2D eigenvalue weighted by Gasteiger charge is -2.26. The Balaban J connectivity index is 2.12. The summed E-state index contributed by atoms with van der Waals surface area (Å²) in [6.07, 6.45) is 5.27. The average Bonchev–Trinajstić information content (AvgIpc) is 2.35. The molecule has 0 heterocycles. The van der Waals surface area contributed by atoms with Crippen LogP contribution in [0.3, 0.4) is 0 Å². The van der Waals surface area contributed by atoms with E-state index in [1.165, 1.54) is 0 Å². The Hall–Kier alpha value is -0.710. The van der Waals surface area contributed by atoms with E-state index in [-0.39, 0.29) is 17.9 Å². The van der Waals surface area contributed by atoms with Crippen LogP contribution < -0.4 is 5.32 Å². The van der Waals surface area contributed by atoms with Gasteiger partial charge >= 0.3 is 5.97 Å². The predicted molar refractivity (Wildman–Crippen MR) is 73.8 cm³/mol. The van der Waals surface area contributed by atoms with Crippen molar-refractivity contribution in [1.29, 1.82) is 0 Å². The number of hydrogen-bond donors (Lipinski definition) is 2. The zero-order valence-corrected chi connectivity index (χ0v) is 11.8. The van der Waals surface area contributed by atoms with Crippen LogP contribution in [0.1, 0.15) is 45.4 Å². The molecule has 0 spiro atoms. The molecule has 2 N–H and O–H groups in total. The van der Waals surface area contributed by atoms with Crippen molar-refractivity contribution < 1.29 is 14.7 Å². The van der Waals surface area contributed by atoms with E-state index in [1.54, 1.807) is 11.8 Å². The van der Waals surface area contributed by atoms with E-state index in [0.717, 1.165) is 31.4 Å². The molecule has 0 radical (unpaired) electrons. The highest BCUT2D eigenvalue weighted by atomic mass is 32.2. The van der Waals surface area contributed by atoms with Crippen LogP contribution in [0.2, 0.25) is 0 Å². The molecule has 0 atom stereocenters. The standard InChI is InChI=1S/C13H23NO3S/c1-2-3-8-18-9-12(15)14-11-6-4-10(5-7-11)13(16)17/h10-11H,2-9H2,1H3,(H,14,15)(H,16,17). The van der Waals surface area contributed by atoms with Crippen LogP contribution in [0.4, 0.5) is 0 Å². The van der Waals surface area contributed by atoms with Gasteiger partial charge in [0.2, 0.25) is 5.91 Å². The number of carbonyl (C=O) groups excluding carboxylic acids is 1. The molecule has 0 aromatic rings. The van der Waals surface area contributed by atoms with Gasteiger partial charge in [-0.15, -0.1) is 0 Å². The van der Waals surface area contributed by atoms with Crippen molar-refractivity contribution in [2.45, 2.75) is 51.5 Å². The van der Waals surface area contributed by atoms with Gasteiger partial charge in [-0.05, 0) is 37.9 Å². The largest absolute Gasteiger partial charge is 0.481 e. The fraction of sp³-hybridized carbons (Fsp3) is 0.846. The molecule has 0 bridgehead atoms. The van der Waals surface area contributed by atoms with E-state index >= 15 is 0 Å². The third-order valence-corrected chi connectivity index (χ3v) is 4.36. The number of rotatable bonds is 7. The molecule has 0 aliphatic heterocycles. The van der Waals surface area contributed by atoms with Gasteiger partial charge in [-0.2, -0.15) is 11.8 Å². The van der Waals surface area contributed by atoms with Crippen molar-refractivity contribution in [2.24, 2.45) is 5.92 Å². The highest BCUT2D eigenvalue weighted by Gasteiger charge is 2.26. The average molecular weight is 273 g/mol. The van der Waals surface area contributed by atoms with E-state index in [2.05, 4.69) is 12.2 Å². The molecule has 1 rings (SSSR count). The summed E-state index contributed by atoms with van der Waals surface area (Å²) in [5, 5.41) is 11.9. The second-order valence-electron chi connectivity index (χ2n) is 4.86. The summed E-state index contributed by atoms with van der Waals surface area (Å²) in [6.45, 7) is 2.14. The Labute approximate surface area is 113 Å². The van der Waals surface area contributed by atoms with Gasteiger partial charge in [-0.3, -0.25) is 9.59 Å². The van der Waals surface area contributed by atoms with Gasteiger partial charge in [0.15, 0.2) is 0 Å². The molecule has 1 aliphatic rings. The Morgan fingerprint density at radius 1 is 1.28 bits per heavy atom. The maximum absolute atomic E-state index is 11.6. The number of carboxylic acids is 1. The number of nitrogens with one attached hydrogen (secondary N) is 1. The zero-order valence-electron chi connectivity index (χ0n) is 11.0. The fourth-order valence-corrected chi connectivity index (χ4v) is 3.07. The molecular weight excluding hydrogens is 250 g/mol. The molecule has 0 aromatic heterocycles. The number of carboxylic acid groups (broad SMARTS) is 1. The van der Waals surface area contributed by atoms with Gasteiger partial charge in [0, 0.05) is 6.04 Å². The van der Waals surface area contributed by atoms with Crippen molar-refractivity contribution in [1.82, 2.24) is 5.32 Å². The van der Waals surface area contributed by atoms with Crippen molar-refractivity contribution >= 4 is 23.6 Å². The minimum absolute atomic E-state index is 0.0925. The molecule has 104 valence electrons. The van der Waals surface area contributed by atoms with Crippen LogP contribution in [0.25, 0.3) is 0 Å². The van der Waals surface area contributed by atoms with Crippen LogP contribution in [0.5, 0.6) is 0 Å². The molecule has 0 unspecified atom stereocenters. The Morgan fingerprint density at radius 2 is 1.94 bits per heavy atom. The normalized spacial score (nSPS) is 23.6. The number of carbonyl (C=O) groups is 2. The lowest BCUT2D eigenvalue weighted by molar-refractivity contribution is -0.142. The van der Waals surface area contributed by atoms with Crippen molar-refractivity contribution in [2.75, 3.05) is 11.5 Å². The molecular formula is C13H23NO3S. The molecule has 4 nitrogen and oxygen atoms in total. The first-order valence-corrected chi connectivity index (χ1v) is 7.88. The van der Waals surface area contributed by atoms with Crippen LogP contribution >= 0.6 is 11.8 Å². The number of thioether (sulfide) groups is 1. The van der Waals surface area contributed by atoms with Gasteiger partial charge in [0.25, 0.3) is 0 Å².